The summed E-state index contributed by atoms with van der Waals surface area (Å²) in [4.78, 5) is 14.1. The Hall–Kier alpha value is -3.32. The van der Waals surface area contributed by atoms with Crippen LogP contribution in [0, 0.1) is 5.41 Å². The summed E-state index contributed by atoms with van der Waals surface area (Å²) in [6.07, 6.45) is 6.20. The first-order chi connectivity index (χ1) is 15.5. The minimum absolute atomic E-state index is 0.0379. The molecule has 0 unspecified atom stereocenters. The average molecular weight is 437 g/mol. The van der Waals surface area contributed by atoms with Gasteiger partial charge in [-0.05, 0) is 68.8 Å². The van der Waals surface area contributed by atoms with Crippen molar-refractivity contribution in [1.29, 1.82) is 5.41 Å². The lowest BCUT2D eigenvalue weighted by Gasteiger charge is -2.25. The summed E-state index contributed by atoms with van der Waals surface area (Å²) < 4.78 is 11.2. The molecule has 1 heterocycles. The molecule has 1 fully saturated rings. The minimum Gasteiger partial charge on any atom is -0.490 e. The highest BCUT2D eigenvalue weighted by Gasteiger charge is 2.15. The predicted molar refractivity (Wildman–Crippen MR) is 128 cm³/mol. The smallest absolute Gasteiger partial charge is 0.325 e. The molecule has 0 atom stereocenters. The first-order valence-corrected chi connectivity index (χ1v) is 11.0. The summed E-state index contributed by atoms with van der Waals surface area (Å²) >= 11 is 0. The van der Waals surface area contributed by atoms with Gasteiger partial charge < -0.3 is 25.4 Å². The number of piperidine rings is 1. The largest absolute Gasteiger partial charge is 0.490 e. The van der Waals surface area contributed by atoms with Crippen molar-refractivity contribution in [3.63, 3.8) is 0 Å². The summed E-state index contributed by atoms with van der Waals surface area (Å²) in [6, 6.07) is 15.3. The van der Waals surface area contributed by atoms with E-state index in [2.05, 4.69) is 5.32 Å². The number of carbonyl (C=O) groups is 1. The van der Waals surface area contributed by atoms with Crippen LogP contribution in [-0.4, -0.2) is 50.7 Å². The van der Waals surface area contributed by atoms with Gasteiger partial charge in [0.05, 0.1) is 6.61 Å². The van der Waals surface area contributed by atoms with Gasteiger partial charge in [-0.15, -0.1) is 0 Å². The second kappa shape index (κ2) is 11.9. The van der Waals surface area contributed by atoms with Gasteiger partial charge in [0.25, 0.3) is 0 Å². The molecule has 0 spiro atoms. The van der Waals surface area contributed by atoms with Crippen LogP contribution in [0.1, 0.15) is 30.9 Å². The van der Waals surface area contributed by atoms with Crippen molar-refractivity contribution in [3.05, 3.63) is 65.7 Å². The second-order valence-electron chi connectivity index (χ2n) is 7.69. The number of amidine groups is 1. The number of benzene rings is 2. The standard InChI is InChI=1S/C25H32N4O3/c1-2-31-24(30)18-29(16-4-6-19-5-3-7-20(17-19)25(26)27)21-8-10-22(11-9-21)32-23-12-14-28-15-13-23/h3-11,17,23,28H,2,12-16,18H2,1H3,(H3,26,27). The Morgan fingerprint density at radius 3 is 2.66 bits per heavy atom. The Morgan fingerprint density at radius 2 is 1.97 bits per heavy atom. The molecule has 0 aliphatic carbocycles. The maximum absolute atomic E-state index is 12.2. The van der Waals surface area contributed by atoms with E-state index in [1.54, 1.807) is 13.0 Å². The van der Waals surface area contributed by atoms with Gasteiger partial charge in [-0.2, -0.15) is 0 Å². The molecule has 3 rings (SSSR count). The Balaban J connectivity index is 1.68. The monoisotopic (exact) mass is 436 g/mol. The van der Waals surface area contributed by atoms with Gasteiger partial charge in [-0.3, -0.25) is 10.2 Å². The van der Waals surface area contributed by atoms with E-state index in [4.69, 9.17) is 20.6 Å². The highest BCUT2D eigenvalue weighted by atomic mass is 16.5. The van der Waals surface area contributed by atoms with Crippen LogP contribution < -0.4 is 20.7 Å². The van der Waals surface area contributed by atoms with Crippen LogP contribution in [0.3, 0.4) is 0 Å². The van der Waals surface area contributed by atoms with Crippen molar-refractivity contribution in [2.24, 2.45) is 5.73 Å². The maximum atomic E-state index is 12.2. The molecule has 0 bridgehead atoms. The van der Waals surface area contributed by atoms with Crippen LogP contribution in [-0.2, 0) is 9.53 Å². The number of esters is 1. The zero-order valence-corrected chi connectivity index (χ0v) is 18.5. The summed E-state index contributed by atoms with van der Waals surface area (Å²) in [7, 11) is 0. The highest BCUT2D eigenvalue weighted by Crippen LogP contribution is 2.22. The van der Waals surface area contributed by atoms with Crippen molar-refractivity contribution < 1.29 is 14.3 Å². The van der Waals surface area contributed by atoms with Gasteiger partial charge in [0.1, 0.15) is 24.2 Å². The van der Waals surface area contributed by atoms with Gasteiger partial charge in [-0.25, -0.2) is 0 Å². The number of carbonyl (C=O) groups excluding carboxylic acids is 1. The van der Waals surface area contributed by atoms with Gasteiger partial charge in [0.2, 0.25) is 0 Å². The molecule has 0 aromatic heterocycles. The van der Waals surface area contributed by atoms with Crippen LogP contribution in [0.5, 0.6) is 5.75 Å². The lowest BCUT2D eigenvalue weighted by molar-refractivity contribution is -0.141. The van der Waals surface area contributed by atoms with E-state index in [1.807, 2.05) is 59.5 Å². The Bertz CT molecular complexity index is 921. The average Bonchev–Trinajstić information content (AvgIpc) is 2.80. The third-order valence-corrected chi connectivity index (χ3v) is 5.25. The van der Waals surface area contributed by atoms with Gasteiger partial charge in [-0.1, -0.05) is 30.4 Å². The molecule has 170 valence electrons. The SMILES string of the molecule is CCOC(=O)CN(CC=Cc1cccc(C(=N)N)c1)c1ccc(OC2CCNCC2)cc1. The molecule has 2 aromatic rings. The van der Waals surface area contributed by atoms with Crippen LogP contribution in [0.2, 0.25) is 0 Å². The summed E-state index contributed by atoms with van der Waals surface area (Å²) in [5.41, 5.74) is 8.12. The molecule has 1 aliphatic rings. The molecule has 7 nitrogen and oxygen atoms in total. The van der Waals surface area contributed by atoms with Crippen LogP contribution >= 0.6 is 0 Å². The minimum atomic E-state index is -0.269. The molecule has 0 saturated carbocycles. The lowest BCUT2D eigenvalue weighted by Crippen LogP contribution is -2.34. The van der Waals surface area contributed by atoms with Crippen molar-refractivity contribution in [2.75, 3.05) is 37.7 Å². The fourth-order valence-corrected chi connectivity index (χ4v) is 3.59. The Labute approximate surface area is 189 Å². The maximum Gasteiger partial charge on any atom is 0.325 e. The normalized spacial score (nSPS) is 14.3. The van der Waals surface area contributed by atoms with Crippen molar-refractivity contribution in [3.8, 4) is 5.75 Å². The molecular weight excluding hydrogens is 404 g/mol. The number of nitrogens with zero attached hydrogens (tertiary/aromatic N) is 1. The van der Waals surface area contributed by atoms with Gasteiger partial charge in [0, 0.05) is 17.8 Å². The Morgan fingerprint density at radius 1 is 1.22 bits per heavy atom. The number of anilines is 1. The summed E-state index contributed by atoms with van der Waals surface area (Å²) in [5.74, 6) is 0.610. The number of ether oxygens (including phenoxy) is 2. The molecule has 32 heavy (non-hydrogen) atoms. The first kappa shape index (κ1) is 23.3. The number of hydrogen-bond donors (Lipinski definition) is 3. The van der Waals surface area contributed by atoms with Crippen LogP contribution in [0.15, 0.2) is 54.6 Å². The fourth-order valence-electron chi connectivity index (χ4n) is 3.59. The van der Waals surface area contributed by atoms with E-state index in [1.165, 1.54) is 0 Å². The van der Waals surface area contributed by atoms with Crippen molar-refractivity contribution >= 4 is 23.6 Å². The van der Waals surface area contributed by atoms with Crippen LogP contribution in [0.25, 0.3) is 6.08 Å². The van der Waals surface area contributed by atoms with Crippen molar-refractivity contribution in [1.82, 2.24) is 5.32 Å². The number of hydrogen-bond acceptors (Lipinski definition) is 6. The predicted octanol–water partition coefficient (Wildman–Crippen LogP) is 3.18. The quantitative estimate of drug-likeness (QED) is 0.300. The zero-order chi connectivity index (χ0) is 22.8. The zero-order valence-electron chi connectivity index (χ0n) is 18.5. The van der Waals surface area contributed by atoms with Gasteiger partial charge >= 0.3 is 5.97 Å². The Kier molecular flexibility index (Phi) is 8.69. The molecule has 2 aromatic carbocycles. The highest BCUT2D eigenvalue weighted by molar-refractivity contribution is 5.95. The van der Waals surface area contributed by atoms with E-state index in [-0.39, 0.29) is 24.5 Å². The topological polar surface area (TPSA) is 101 Å². The van der Waals surface area contributed by atoms with E-state index in [0.717, 1.165) is 42.9 Å². The summed E-state index contributed by atoms with van der Waals surface area (Å²) in [5, 5.41) is 10.9. The number of nitrogens with one attached hydrogen (secondary N) is 2. The lowest BCUT2D eigenvalue weighted by atomic mass is 10.1. The number of nitrogens with two attached hydrogens (primary N) is 1. The van der Waals surface area contributed by atoms with Crippen LogP contribution in [0.4, 0.5) is 5.69 Å². The molecule has 4 N–H and O–H groups in total. The van der Waals surface area contributed by atoms with E-state index in [9.17, 15) is 4.79 Å². The first-order valence-electron chi connectivity index (χ1n) is 11.0. The third kappa shape index (κ3) is 7.13. The fraction of sp³-hybridized carbons (Fsp3) is 0.360. The molecule has 7 heteroatoms. The van der Waals surface area contributed by atoms with Gasteiger partial charge in [0.15, 0.2) is 0 Å². The summed E-state index contributed by atoms with van der Waals surface area (Å²) in [6.45, 7) is 4.80. The number of rotatable bonds is 10. The molecule has 1 saturated heterocycles. The molecular formula is C25H32N4O3. The molecule has 1 aliphatic heterocycles. The third-order valence-electron chi connectivity index (χ3n) is 5.25. The van der Waals surface area contributed by atoms with E-state index in [0.29, 0.717) is 18.7 Å². The van der Waals surface area contributed by atoms with Crippen molar-refractivity contribution in [2.45, 2.75) is 25.9 Å². The molecule has 0 amide bonds. The second-order valence-corrected chi connectivity index (χ2v) is 7.69. The van der Waals surface area contributed by atoms with E-state index < -0.39 is 0 Å². The van der Waals surface area contributed by atoms with E-state index >= 15 is 0 Å². The molecule has 0 radical (unpaired) electrons. The number of nitrogen functional groups attached to an aromatic ring is 1.